The number of amides is 2. The number of guanidine groups is 1. The van der Waals surface area contributed by atoms with Crippen LogP contribution < -0.4 is 22.1 Å². The third-order valence-electron chi connectivity index (χ3n) is 10.8. The van der Waals surface area contributed by atoms with E-state index in [4.69, 9.17) is 33.3 Å². The van der Waals surface area contributed by atoms with Crippen molar-refractivity contribution in [2.45, 2.75) is 99.9 Å². The van der Waals surface area contributed by atoms with Crippen LogP contribution in [0.1, 0.15) is 59.4 Å². The fourth-order valence-corrected chi connectivity index (χ4v) is 7.35. The molecule has 1 unspecified atom stereocenters. The molecule has 65 heavy (non-hydrogen) atoms. The number of aromatic nitrogens is 2. The second-order valence-electron chi connectivity index (χ2n) is 15.8. The van der Waals surface area contributed by atoms with Gasteiger partial charge in [0.05, 0.1) is 49.9 Å². The molecule has 356 valence electrons. The van der Waals surface area contributed by atoms with Crippen LogP contribution in [0, 0.1) is 0 Å². The Morgan fingerprint density at radius 2 is 1.38 bits per heavy atom. The largest absolute Gasteiger partial charge is 0.394 e. The summed E-state index contributed by atoms with van der Waals surface area (Å²) in [5, 5.41) is 107. The number of aliphatic hydroxyl groups excluding tert-OH is 10. The van der Waals surface area contributed by atoms with Crippen LogP contribution in [-0.4, -0.2) is 171 Å². The van der Waals surface area contributed by atoms with Crippen molar-refractivity contribution in [3.05, 3.63) is 101 Å². The first-order valence-corrected chi connectivity index (χ1v) is 21.5. The Kier molecular flexibility index (Phi) is 21.0. The number of carbonyl (C=O) groups excluding carboxylic acids is 2. The van der Waals surface area contributed by atoms with Gasteiger partial charge in [-0.2, -0.15) is 0 Å². The Morgan fingerprint density at radius 3 is 1.95 bits per heavy atom. The van der Waals surface area contributed by atoms with Crippen molar-refractivity contribution in [1.29, 1.82) is 0 Å². The van der Waals surface area contributed by atoms with Gasteiger partial charge in [-0.05, 0) is 71.8 Å². The van der Waals surface area contributed by atoms with Gasteiger partial charge >= 0.3 is 0 Å². The molecule has 0 radical (unpaired) electrons. The van der Waals surface area contributed by atoms with E-state index < -0.39 is 85.9 Å². The topological polar surface area (TPSA) is 354 Å². The summed E-state index contributed by atoms with van der Waals surface area (Å²) in [4.78, 5) is 40.0. The average molecular weight is 929 g/mol. The molecule has 2 amide bonds. The van der Waals surface area contributed by atoms with Crippen LogP contribution in [0.3, 0.4) is 0 Å². The van der Waals surface area contributed by atoms with Gasteiger partial charge in [0, 0.05) is 18.8 Å². The van der Waals surface area contributed by atoms with Crippen molar-refractivity contribution in [3.63, 3.8) is 0 Å². The number of aryl methyl sites for hydroxylation is 1. The first-order valence-electron chi connectivity index (χ1n) is 21.1. The molecule has 0 fully saturated rings. The number of benzene rings is 3. The van der Waals surface area contributed by atoms with Crippen molar-refractivity contribution < 1.29 is 60.7 Å². The molecule has 1 aromatic heterocycles. The lowest BCUT2D eigenvalue weighted by atomic mass is 9.91. The van der Waals surface area contributed by atoms with Gasteiger partial charge in [-0.1, -0.05) is 73.5 Å². The van der Waals surface area contributed by atoms with Crippen molar-refractivity contribution >= 4 is 45.8 Å². The quantitative estimate of drug-likeness (QED) is 0.0265. The smallest absolute Gasteiger partial charge is 0.278 e. The average Bonchev–Trinajstić information content (AvgIpc) is 3.30. The molecular weight excluding hydrogens is 868 g/mol. The van der Waals surface area contributed by atoms with Crippen LogP contribution in [0.25, 0.3) is 10.8 Å². The van der Waals surface area contributed by atoms with E-state index in [-0.39, 0.29) is 42.9 Å². The van der Waals surface area contributed by atoms with Gasteiger partial charge in [-0.25, -0.2) is 9.98 Å². The van der Waals surface area contributed by atoms with E-state index in [1.54, 1.807) is 24.3 Å². The molecule has 21 heteroatoms. The minimum atomic E-state index is -1.90. The van der Waals surface area contributed by atoms with Crippen LogP contribution in [-0.2, 0) is 17.6 Å². The standard InChI is InChI=1S/C44H61ClN8O12/c1-2-6-31(51-44(47)52-43(65)32-18-48-19-37(45)50-32)29-15-12-25(27-8-3-4-9-28(27)29)17-30(46)42(64)49-26-13-10-24(11-14-26)7-5-16-53(20-33(56)38(60)40(62)35(58)22-54)21-34(57)39(61)41(63)36(59)23-55/h3-4,8-15,18-19,30-31,33-36,38-41,54-63H,2,5-7,16-17,20-23,46H2,1H3,(H,49,64)(H3,47,51,52,65)/t30-,31?,33-,34-,35+,36+,38+,39+,40+,41+/m0/s1. The van der Waals surface area contributed by atoms with Gasteiger partial charge in [0.15, 0.2) is 5.96 Å². The number of aliphatic hydroxyl groups is 10. The lowest BCUT2D eigenvalue weighted by Crippen LogP contribution is -2.53. The van der Waals surface area contributed by atoms with Gasteiger partial charge < -0.3 is 67.8 Å². The molecule has 0 aliphatic carbocycles. The summed E-state index contributed by atoms with van der Waals surface area (Å²) in [6.07, 6.45) is -9.40. The number of halogens is 1. The molecule has 0 saturated carbocycles. The molecule has 20 nitrogen and oxygen atoms in total. The molecule has 3 aromatic carbocycles. The Morgan fingerprint density at radius 1 is 0.800 bits per heavy atom. The lowest BCUT2D eigenvalue weighted by molar-refractivity contribution is -0.130. The minimum Gasteiger partial charge on any atom is -0.394 e. The van der Waals surface area contributed by atoms with Gasteiger partial charge in [0.1, 0.15) is 47.5 Å². The van der Waals surface area contributed by atoms with Gasteiger partial charge in [-0.3, -0.25) is 24.8 Å². The molecule has 0 bridgehead atoms. The summed E-state index contributed by atoms with van der Waals surface area (Å²) in [5.41, 5.74) is 15.7. The van der Waals surface area contributed by atoms with E-state index in [0.717, 1.165) is 33.9 Å². The molecule has 0 aliphatic heterocycles. The zero-order valence-corrected chi connectivity index (χ0v) is 36.6. The van der Waals surface area contributed by atoms with E-state index >= 15 is 0 Å². The number of fused-ring (bicyclic) bond motifs is 1. The van der Waals surface area contributed by atoms with Crippen molar-refractivity contribution in [2.75, 3.05) is 38.2 Å². The molecule has 10 atom stereocenters. The highest BCUT2D eigenvalue weighted by atomic mass is 35.5. The second-order valence-corrected chi connectivity index (χ2v) is 16.2. The van der Waals surface area contributed by atoms with Gasteiger partial charge in [0.25, 0.3) is 5.91 Å². The summed E-state index contributed by atoms with van der Waals surface area (Å²) in [6.45, 7) is -0.358. The van der Waals surface area contributed by atoms with E-state index in [2.05, 4.69) is 25.6 Å². The molecule has 4 rings (SSSR count). The molecule has 0 saturated heterocycles. The molecule has 0 aliphatic rings. The summed E-state index contributed by atoms with van der Waals surface area (Å²) in [7, 11) is 0. The lowest BCUT2D eigenvalue weighted by Gasteiger charge is -2.33. The number of aliphatic imine (C=N–C) groups is 1. The zero-order chi connectivity index (χ0) is 47.8. The maximum absolute atomic E-state index is 13.4. The predicted octanol–water partition coefficient (Wildman–Crippen LogP) is -1.52. The van der Waals surface area contributed by atoms with Crippen LogP contribution in [0.2, 0.25) is 5.15 Å². The van der Waals surface area contributed by atoms with Crippen LogP contribution >= 0.6 is 11.6 Å². The Bertz CT molecular complexity index is 2130. The number of carbonyl (C=O) groups is 2. The number of hydrogen-bond donors (Lipinski definition) is 14. The molecule has 0 spiro atoms. The van der Waals surface area contributed by atoms with Crippen molar-refractivity contribution in [2.24, 2.45) is 16.5 Å². The molecule has 16 N–H and O–H groups in total. The number of nitrogens with one attached hydrogen (secondary N) is 2. The highest BCUT2D eigenvalue weighted by Crippen LogP contribution is 2.32. The normalized spacial score (nSPS) is 16.8. The predicted molar refractivity (Wildman–Crippen MR) is 241 cm³/mol. The number of nitrogens with zero attached hydrogens (tertiary/aromatic N) is 4. The van der Waals surface area contributed by atoms with Crippen LogP contribution in [0.5, 0.6) is 0 Å². The summed E-state index contributed by atoms with van der Waals surface area (Å²) < 4.78 is 0. The summed E-state index contributed by atoms with van der Waals surface area (Å²) in [6, 6.07) is 17.1. The molecule has 4 aromatic rings. The summed E-state index contributed by atoms with van der Waals surface area (Å²) >= 11 is 5.88. The highest BCUT2D eigenvalue weighted by Gasteiger charge is 2.34. The van der Waals surface area contributed by atoms with Gasteiger partial charge in [0.2, 0.25) is 5.91 Å². The first kappa shape index (κ1) is 52.8. The van der Waals surface area contributed by atoms with E-state index in [0.29, 0.717) is 24.9 Å². The number of rotatable bonds is 25. The number of anilines is 1. The number of hydrogen-bond acceptors (Lipinski definition) is 17. The molecular formula is C44H61ClN8O12. The maximum atomic E-state index is 13.4. The maximum Gasteiger partial charge on any atom is 0.278 e. The Hall–Kier alpha value is -4.78. The monoisotopic (exact) mass is 928 g/mol. The van der Waals surface area contributed by atoms with E-state index in [1.807, 2.05) is 43.3 Å². The Balaban J connectivity index is 1.39. The highest BCUT2D eigenvalue weighted by molar-refractivity contribution is 6.29. The van der Waals surface area contributed by atoms with Crippen molar-refractivity contribution in [3.8, 4) is 0 Å². The third-order valence-corrected chi connectivity index (χ3v) is 11.0. The minimum absolute atomic E-state index is 0.0160. The summed E-state index contributed by atoms with van der Waals surface area (Å²) in [5.74, 6) is -1.13. The fraction of sp³-hybridized carbons (Fsp3) is 0.477. The SMILES string of the molecule is CCCC(N=C(N)NC(=O)c1cncc(Cl)n1)c1ccc(C[C@H](N)C(=O)Nc2ccc(CCCN(C[C@H](O)[C@@H](O)[C@H](O)[C@H](O)CO)C[C@H](O)[C@@H](O)[C@H](O)[C@H](O)CO)cc2)c2ccccc12. The third kappa shape index (κ3) is 15.4. The first-order chi connectivity index (χ1) is 31.0. The number of nitrogens with two attached hydrogens (primary N) is 2. The van der Waals surface area contributed by atoms with Gasteiger partial charge in [-0.15, -0.1) is 0 Å². The van der Waals surface area contributed by atoms with E-state index in [9.17, 15) is 50.4 Å². The second kappa shape index (κ2) is 25.8. The fourth-order valence-electron chi connectivity index (χ4n) is 7.20. The van der Waals surface area contributed by atoms with Crippen LogP contribution in [0.15, 0.2) is 78.0 Å². The zero-order valence-electron chi connectivity index (χ0n) is 35.9. The Labute approximate surface area is 380 Å². The van der Waals surface area contributed by atoms with Crippen LogP contribution in [0.4, 0.5) is 5.69 Å². The van der Waals surface area contributed by atoms with E-state index in [1.165, 1.54) is 17.3 Å². The molecule has 1 heterocycles. The van der Waals surface area contributed by atoms with Crippen molar-refractivity contribution in [1.82, 2.24) is 20.2 Å².